The highest BCUT2D eigenvalue weighted by Gasteiger charge is 2.28. The Hall–Kier alpha value is -1.62. The molecule has 0 radical (unpaired) electrons. The molecule has 2 N–H and O–H groups in total. The van der Waals surface area contributed by atoms with Gasteiger partial charge in [0.15, 0.2) is 0 Å². The monoisotopic (exact) mass is 238 g/mol. The van der Waals surface area contributed by atoms with Crippen molar-refractivity contribution in [1.82, 2.24) is 0 Å². The van der Waals surface area contributed by atoms with E-state index in [4.69, 9.17) is 10.5 Å². The minimum absolute atomic E-state index is 0.0859. The lowest BCUT2D eigenvalue weighted by Crippen LogP contribution is -2.22. The summed E-state index contributed by atoms with van der Waals surface area (Å²) in [5.41, 5.74) is 6.00. The van der Waals surface area contributed by atoms with E-state index in [2.05, 4.69) is 0 Å². The van der Waals surface area contributed by atoms with Gasteiger partial charge in [-0.1, -0.05) is 13.8 Å². The lowest BCUT2D eigenvalue weighted by Gasteiger charge is -2.24. The number of rotatable bonds is 5. The lowest BCUT2D eigenvalue weighted by molar-refractivity contribution is -0.386. The maximum absolute atomic E-state index is 11.1. The smallest absolute Gasteiger partial charge is 0.276 e. The number of ether oxygens (including phenoxy) is 1. The number of nitrogens with zero attached hydrogens (tertiary/aromatic N) is 1. The van der Waals surface area contributed by atoms with E-state index in [1.807, 2.05) is 13.8 Å². The number of nitro groups is 1. The second-order valence-electron chi connectivity index (χ2n) is 4.56. The third-order valence-corrected chi connectivity index (χ3v) is 2.90. The maximum atomic E-state index is 11.1. The Morgan fingerprint density at radius 1 is 1.47 bits per heavy atom. The van der Waals surface area contributed by atoms with Gasteiger partial charge in [0, 0.05) is 5.56 Å². The summed E-state index contributed by atoms with van der Waals surface area (Å²) in [4.78, 5) is 10.7. The summed E-state index contributed by atoms with van der Waals surface area (Å²) >= 11 is 0. The van der Waals surface area contributed by atoms with Crippen LogP contribution in [0.1, 0.15) is 25.8 Å². The Kier molecular flexibility index (Phi) is 4.07. The Bertz CT molecular complexity index is 416. The van der Waals surface area contributed by atoms with Gasteiger partial charge in [-0.2, -0.15) is 0 Å². The molecule has 5 nitrogen and oxygen atoms in total. The lowest BCUT2D eigenvalue weighted by atomic mass is 9.80. The van der Waals surface area contributed by atoms with Crippen LogP contribution in [-0.4, -0.2) is 18.6 Å². The summed E-state index contributed by atoms with van der Waals surface area (Å²) in [6.07, 6.45) is 0.695. The molecule has 0 saturated heterocycles. The van der Waals surface area contributed by atoms with Crippen molar-refractivity contribution < 1.29 is 9.66 Å². The number of nitro benzene ring substituents is 1. The molecular weight excluding hydrogens is 220 g/mol. The van der Waals surface area contributed by atoms with Gasteiger partial charge in [0.05, 0.1) is 18.1 Å². The molecule has 1 aromatic rings. The van der Waals surface area contributed by atoms with Crippen LogP contribution >= 0.6 is 0 Å². The highest BCUT2D eigenvalue weighted by molar-refractivity contribution is 5.49. The zero-order chi connectivity index (χ0) is 13.1. The first-order valence-corrected chi connectivity index (χ1v) is 5.45. The predicted molar refractivity (Wildman–Crippen MR) is 66.3 cm³/mol. The van der Waals surface area contributed by atoms with Crippen LogP contribution in [0.3, 0.4) is 0 Å². The minimum Gasteiger partial charge on any atom is -0.497 e. The first-order chi connectivity index (χ1) is 7.92. The number of hydrogen-bond donors (Lipinski definition) is 1. The molecule has 17 heavy (non-hydrogen) atoms. The van der Waals surface area contributed by atoms with E-state index in [1.54, 1.807) is 12.1 Å². The van der Waals surface area contributed by atoms with E-state index in [9.17, 15) is 10.1 Å². The van der Waals surface area contributed by atoms with Crippen molar-refractivity contribution in [3.05, 3.63) is 33.9 Å². The molecule has 0 saturated carbocycles. The van der Waals surface area contributed by atoms with E-state index >= 15 is 0 Å². The van der Waals surface area contributed by atoms with E-state index in [1.165, 1.54) is 13.2 Å². The highest BCUT2D eigenvalue weighted by atomic mass is 16.6. The quantitative estimate of drug-likeness (QED) is 0.630. The van der Waals surface area contributed by atoms with Crippen LogP contribution in [0.15, 0.2) is 18.2 Å². The molecule has 0 fully saturated rings. The van der Waals surface area contributed by atoms with Gasteiger partial charge in [0.2, 0.25) is 0 Å². The second-order valence-corrected chi connectivity index (χ2v) is 4.56. The molecular formula is C12H18N2O3. The molecule has 0 amide bonds. The second kappa shape index (κ2) is 5.14. The first kappa shape index (κ1) is 13.4. The zero-order valence-electron chi connectivity index (χ0n) is 10.4. The summed E-state index contributed by atoms with van der Waals surface area (Å²) in [7, 11) is 1.49. The Labute approximate surface area is 101 Å². The molecule has 0 spiro atoms. The van der Waals surface area contributed by atoms with Crippen molar-refractivity contribution in [2.24, 2.45) is 5.73 Å². The maximum Gasteiger partial charge on any atom is 0.276 e. The molecule has 0 aliphatic rings. The van der Waals surface area contributed by atoms with Gasteiger partial charge < -0.3 is 10.5 Å². The molecule has 0 unspecified atom stereocenters. The fourth-order valence-electron chi connectivity index (χ4n) is 1.86. The molecule has 5 heteroatoms. The van der Waals surface area contributed by atoms with Crippen LogP contribution in [0.5, 0.6) is 5.75 Å². The van der Waals surface area contributed by atoms with Gasteiger partial charge in [-0.15, -0.1) is 0 Å². The van der Waals surface area contributed by atoms with Crippen LogP contribution in [0, 0.1) is 10.1 Å². The first-order valence-electron chi connectivity index (χ1n) is 5.45. The summed E-state index contributed by atoms with van der Waals surface area (Å²) < 4.78 is 5.00. The van der Waals surface area contributed by atoms with Crippen molar-refractivity contribution in [1.29, 1.82) is 0 Å². The Morgan fingerprint density at radius 3 is 2.59 bits per heavy atom. The normalized spacial score (nSPS) is 11.3. The molecule has 1 rings (SSSR count). The number of benzene rings is 1. The summed E-state index contributed by atoms with van der Waals surface area (Å²) in [6, 6.07) is 4.93. The summed E-state index contributed by atoms with van der Waals surface area (Å²) in [5, 5.41) is 11.1. The molecule has 0 aliphatic heterocycles. The fourth-order valence-corrected chi connectivity index (χ4v) is 1.86. The molecule has 94 valence electrons. The van der Waals surface area contributed by atoms with Crippen molar-refractivity contribution in [2.45, 2.75) is 25.7 Å². The third-order valence-electron chi connectivity index (χ3n) is 2.90. The number of methoxy groups -OCH3 is 1. The fraction of sp³-hybridized carbons (Fsp3) is 0.500. The molecule has 0 aromatic heterocycles. The van der Waals surface area contributed by atoms with Gasteiger partial charge >= 0.3 is 0 Å². The standard InChI is InChI=1S/C12H18N2O3/c1-12(2,6-7-13)10-5-4-9(17-3)8-11(10)14(15)16/h4-5,8H,6-7,13H2,1-3H3. The van der Waals surface area contributed by atoms with E-state index in [0.717, 1.165) is 0 Å². The van der Waals surface area contributed by atoms with E-state index in [-0.39, 0.29) is 16.0 Å². The average molecular weight is 238 g/mol. The predicted octanol–water partition coefficient (Wildman–Crippen LogP) is 2.23. The van der Waals surface area contributed by atoms with Gasteiger partial charge in [0.1, 0.15) is 5.75 Å². The van der Waals surface area contributed by atoms with Crippen LogP contribution in [0.4, 0.5) is 5.69 Å². The van der Waals surface area contributed by atoms with Gasteiger partial charge in [-0.25, -0.2) is 0 Å². The molecule has 0 bridgehead atoms. The molecule has 0 atom stereocenters. The zero-order valence-corrected chi connectivity index (χ0v) is 10.4. The van der Waals surface area contributed by atoms with Crippen molar-refractivity contribution in [3.63, 3.8) is 0 Å². The topological polar surface area (TPSA) is 78.4 Å². The van der Waals surface area contributed by atoms with Gasteiger partial charge in [-0.05, 0) is 30.5 Å². The Morgan fingerprint density at radius 2 is 2.12 bits per heavy atom. The Balaban J connectivity index is 3.28. The van der Waals surface area contributed by atoms with E-state index in [0.29, 0.717) is 24.3 Å². The molecule has 0 heterocycles. The van der Waals surface area contributed by atoms with Crippen molar-refractivity contribution in [3.8, 4) is 5.75 Å². The molecule has 1 aromatic carbocycles. The minimum atomic E-state index is -0.379. The molecule has 0 aliphatic carbocycles. The van der Waals surface area contributed by atoms with E-state index < -0.39 is 0 Å². The third kappa shape index (κ3) is 2.94. The van der Waals surface area contributed by atoms with Crippen molar-refractivity contribution in [2.75, 3.05) is 13.7 Å². The van der Waals surface area contributed by atoms with Crippen LogP contribution in [0.25, 0.3) is 0 Å². The number of hydrogen-bond acceptors (Lipinski definition) is 4. The highest BCUT2D eigenvalue weighted by Crippen LogP contribution is 2.35. The number of nitrogens with two attached hydrogens (primary N) is 1. The SMILES string of the molecule is COc1ccc(C(C)(C)CCN)c([N+](=O)[O-])c1. The van der Waals surface area contributed by atoms with Crippen LogP contribution in [0.2, 0.25) is 0 Å². The van der Waals surface area contributed by atoms with Crippen LogP contribution < -0.4 is 10.5 Å². The summed E-state index contributed by atoms with van der Waals surface area (Å²) in [6.45, 7) is 4.40. The summed E-state index contributed by atoms with van der Waals surface area (Å²) in [5.74, 6) is 0.490. The largest absolute Gasteiger partial charge is 0.497 e. The van der Waals surface area contributed by atoms with Crippen molar-refractivity contribution >= 4 is 5.69 Å². The average Bonchev–Trinajstić information content (AvgIpc) is 2.28. The van der Waals surface area contributed by atoms with Crippen LogP contribution in [-0.2, 0) is 5.41 Å². The van der Waals surface area contributed by atoms with Gasteiger partial charge in [0.25, 0.3) is 5.69 Å². The van der Waals surface area contributed by atoms with Gasteiger partial charge in [-0.3, -0.25) is 10.1 Å².